The van der Waals surface area contributed by atoms with Gasteiger partial charge in [0.05, 0.1) is 6.61 Å². The lowest BCUT2D eigenvalue weighted by Crippen LogP contribution is -2.48. The minimum Gasteiger partial charge on any atom is -0.382 e. The maximum absolute atomic E-state index is 12.3. The molecule has 4 amide bonds. The van der Waals surface area contributed by atoms with Gasteiger partial charge in [-0.05, 0) is 30.5 Å². The molecule has 0 unspecified atom stereocenters. The van der Waals surface area contributed by atoms with Crippen LogP contribution in [-0.4, -0.2) is 48.5 Å². The number of carbonyl (C=O) groups is 3. The zero-order valence-corrected chi connectivity index (χ0v) is 14.4. The average molecular weight is 333 g/mol. The third kappa shape index (κ3) is 3.73. The van der Waals surface area contributed by atoms with E-state index in [-0.39, 0.29) is 13.2 Å². The molecule has 24 heavy (non-hydrogen) atoms. The fourth-order valence-electron chi connectivity index (χ4n) is 2.60. The summed E-state index contributed by atoms with van der Waals surface area (Å²) >= 11 is 0. The van der Waals surface area contributed by atoms with Crippen LogP contribution in [0.5, 0.6) is 0 Å². The summed E-state index contributed by atoms with van der Waals surface area (Å²) in [5, 5.41) is 5.28. The molecule has 0 bridgehead atoms. The van der Waals surface area contributed by atoms with Crippen LogP contribution in [0, 0.1) is 0 Å². The summed E-state index contributed by atoms with van der Waals surface area (Å²) in [7, 11) is 1.45. The lowest BCUT2D eigenvalue weighted by molar-refractivity contribution is -0.134. The van der Waals surface area contributed by atoms with Crippen molar-refractivity contribution in [2.75, 3.05) is 25.6 Å². The van der Waals surface area contributed by atoms with Crippen LogP contribution in [0.2, 0.25) is 0 Å². The van der Waals surface area contributed by atoms with E-state index in [1.165, 1.54) is 7.11 Å². The molecule has 1 heterocycles. The molecule has 1 saturated heterocycles. The molecule has 7 heteroatoms. The van der Waals surface area contributed by atoms with Crippen molar-refractivity contribution in [3.05, 3.63) is 29.8 Å². The number of benzene rings is 1. The Balaban J connectivity index is 2.03. The fraction of sp³-hybridized carbons (Fsp3) is 0.471. The number of urea groups is 1. The van der Waals surface area contributed by atoms with Crippen molar-refractivity contribution in [2.24, 2.45) is 0 Å². The molecule has 0 radical (unpaired) electrons. The van der Waals surface area contributed by atoms with Gasteiger partial charge in [-0.2, -0.15) is 0 Å². The van der Waals surface area contributed by atoms with Crippen LogP contribution in [0.3, 0.4) is 0 Å². The zero-order valence-electron chi connectivity index (χ0n) is 14.4. The molecule has 1 atom stereocenters. The number of hydrogen-bond acceptors (Lipinski definition) is 4. The van der Waals surface area contributed by atoms with Gasteiger partial charge in [-0.15, -0.1) is 0 Å². The summed E-state index contributed by atoms with van der Waals surface area (Å²) in [6.45, 7) is 5.40. The topological polar surface area (TPSA) is 87.7 Å². The molecule has 1 aliphatic heterocycles. The van der Waals surface area contributed by atoms with Crippen molar-refractivity contribution in [2.45, 2.75) is 32.2 Å². The molecule has 130 valence electrons. The third-order valence-corrected chi connectivity index (χ3v) is 3.92. The Bertz CT molecular complexity index is 659. The van der Waals surface area contributed by atoms with Crippen molar-refractivity contribution in [3.63, 3.8) is 0 Å². The minimum absolute atomic E-state index is 0.0477. The molecule has 1 aliphatic rings. The van der Waals surface area contributed by atoms with Crippen LogP contribution >= 0.6 is 0 Å². The van der Waals surface area contributed by atoms with Crippen molar-refractivity contribution < 1.29 is 19.1 Å². The van der Waals surface area contributed by atoms with Crippen LogP contribution in [-0.2, 0) is 14.3 Å². The summed E-state index contributed by atoms with van der Waals surface area (Å²) < 4.78 is 4.97. The third-order valence-electron chi connectivity index (χ3n) is 3.92. The van der Waals surface area contributed by atoms with Gasteiger partial charge in [-0.3, -0.25) is 14.5 Å². The number of rotatable bonds is 6. The van der Waals surface area contributed by atoms with Crippen molar-refractivity contribution in [3.8, 4) is 0 Å². The van der Waals surface area contributed by atoms with Gasteiger partial charge >= 0.3 is 6.03 Å². The van der Waals surface area contributed by atoms with Gasteiger partial charge in [0.1, 0.15) is 12.1 Å². The second-order valence-electron chi connectivity index (χ2n) is 6.41. The Morgan fingerprint density at radius 1 is 1.38 bits per heavy atom. The van der Waals surface area contributed by atoms with E-state index in [9.17, 15) is 14.4 Å². The molecule has 2 N–H and O–H groups in total. The number of imide groups is 1. The number of carbonyl (C=O) groups excluding carboxylic acids is 3. The van der Waals surface area contributed by atoms with Gasteiger partial charge in [0.2, 0.25) is 5.91 Å². The fourth-order valence-corrected chi connectivity index (χ4v) is 2.60. The SMILES string of the molecule is COC[C@]1(C)NC(=O)N(CC(=O)Nc2cccc(C(C)C)c2)C1=O. The Kier molecular flexibility index (Phi) is 5.23. The Morgan fingerprint density at radius 3 is 2.71 bits per heavy atom. The molecule has 1 aromatic carbocycles. The first-order valence-corrected chi connectivity index (χ1v) is 7.79. The number of nitrogens with one attached hydrogen (secondary N) is 2. The smallest absolute Gasteiger partial charge is 0.325 e. The highest BCUT2D eigenvalue weighted by Gasteiger charge is 2.48. The monoisotopic (exact) mass is 333 g/mol. The van der Waals surface area contributed by atoms with Crippen LogP contribution in [0.1, 0.15) is 32.3 Å². The largest absolute Gasteiger partial charge is 0.382 e. The summed E-state index contributed by atoms with van der Waals surface area (Å²) in [5.74, 6) is -0.566. The van der Waals surface area contributed by atoms with Gasteiger partial charge in [-0.1, -0.05) is 26.0 Å². The van der Waals surface area contributed by atoms with E-state index < -0.39 is 23.4 Å². The predicted octanol–water partition coefficient (Wildman–Crippen LogP) is 1.71. The first-order chi connectivity index (χ1) is 11.3. The summed E-state index contributed by atoms with van der Waals surface area (Å²) in [4.78, 5) is 37.4. The standard InChI is InChI=1S/C17H23N3O4/c1-11(2)12-6-5-7-13(8-12)18-14(21)9-20-15(22)17(3,10-24-4)19-16(20)23/h5-8,11H,9-10H2,1-4H3,(H,18,21)(H,19,23)/t17-/m0/s1. The summed E-state index contributed by atoms with van der Waals surface area (Å²) in [5.41, 5.74) is 0.595. The van der Waals surface area contributed by atoms with Gasteiger partial charge < -0.3 is 15.4 Å². The molecule has 7 nitrogen and oxygen atoms in total. The minimum atomic E-state index is -1.14. The van der Waals surface area contributed by atoms with Gasteiger partial charge in [0.15, 0.2) is 0 Å². The Hall–Kier alpha value is -2.41. The van der Waals surface area contributed by atoms with Gasteiger partial charge in [0, 0.05) is 12.8 Å². The van der Waals surface area contributed by atoms with E-state index in [1.54, 1.807) is 13.0 Å². The second-order valence-corrected chi connectivity index (χ2v) is 6.41. The van der Waals surface area contributed by atoms with Gasteiger partial charge in [0.25, 0.3) is 5.91 Å². The van der Waals surface area contributed by atoms with E-state index in [4.69, 9.17) is 4.74 Å². The van der Waals surface area contributed by atoms with E-state index in [2.05, 4.69) is 24.5 Å². The molecule has 0 aromatic heterocycles. The van der Waals surface area contributed by atoms with Crippen molar-refractivity contribution >= 4 is 23.5 Å². The number of methoxy groups -OCH3 is 1. The Labute approximate surface area is 141 Å². The molecule has 0 spiro atoms. The van der Waals surface area contributed by atoms with E-state index in [0.717, 1.165) is 10.5 Å². The number of hydrogen-bond donors (Lipinski definition) is 2. The molecule has 0 saturated carbocycles. The van der Waals surface area contributed by atoms with E-state index >= 15 is 0 Å². The van der Waals surface area contributed by atoms with E-state index in [1.807, 2.05) is 18.2 Å². The van der Waals surface area contributed by atoms with Gasteiger partial charge in [-0.25, -0.2) is 4.79 Å². The van der Waals surface area contributed by atoms with Crippen LogP contribution in [0.25, 0.3) is 0 Å². The van der Waals surface area contributed by atoms with E-state index in [0.29, 0.717) is 11.6 Å². The molecule has 0 aliphatic carbocycles. The summed E-state index contributed by atoms with van der Waals surface area (Å²) in [6, 6.07) is 6.89. The van der Waals surface area contributed by atoms with Crippen molar-refractivity contribution in [1.29, 1.82) is 0 Å². The zero-order chi connectivity index (χ0) is 17.9. The number of amides is 4. The van der Waals surface area contributed by atoms with Crippen LogP contribution in [0.15, 0.2) is 24.3 Å². The van der Waals surface area contributed by atoms with Crippen LogP contribution < -0.4 is 10.6 Å². The highest BCUT2D eigenvalue weighted by atomic mass is 16.5. The first-order valence-electron chi connectivity index (χ1n) is 7.79. The highest BCUT2D eigenvalue weighted by molar-refractivity contribution is 6.10. The first kappa shape index (κ1) is 17.9. The highest BCUT2D eigenvalue weighted by Crippen LogP contribution is 2.20. The lowest BCUT2D eigenvalue weighted by atomic mass is 10.0. The molecular weight excluding hydrogens is 310 g/mol. The number of nitrogens with zero attached hydrogens (tertiary/aromatic N) is 1. The average Bonchev–Trinajstić information content (AvgIpc) is 2.71. The molecule has 1 aromatic rings. The lowest BCUT2D eigenvalue weighted by Gasteiger charge is -2.20. The van der Waals surface area contributed by atoms with Crippen molar-refractivity contribution in [1.82, 2.24) is 10.2 Å². The predicted molar refractivity (Wildman–Crippen MR) is 89.7 cm³/mol. The maximum atomic E-state index is 12.3. The quantitative estimate of drug-likeness (QED) is 0.776. The maximum Gasteiger partial charge on any atom is 0.325 e. The Morgan fingerprint density at radius 2 is 2.08 bits per heavy atom. The van der Waals surface area contributed by atoms with Crippen LogP contribution in [0.4, 0.5) is 10.5 Å². The molecule has 2 rings (SSSR count). The molecule has 1 fully saturated rings. The number of ether oxygens (including phenoxy) is 1. The second kappa shape index (κ2) is 7.00. The normalized spacial score (nSPS) is 20.5. The summed E-state index contributed by atoms with van der Waals surface area (Å²) in [6.07, 6.45) is 0. The number of anilines is 1. The molecular formula is C17H23N3O4.